The van der Waals surface area contributed by atoms with E-state index < -0.39 is 18.0 Å². The molecule has 194 valence electrons. The molecule has 0 fully saturated rings. The van der Waals surface area contributed by atoms with Gasteiger partial charge in [-0.25, -0.2) is 0 Å². The Kier molecular flexibility index (Phi) is 23.1. The number of phenols is 1. The van der Waals surface area contributed by atoms with Crippen molar-refractivity contribution < 1.29 is 45.3 Å². The van der Waals surface area contributed by atoms with E-state index in [1.807, 2.05) is 20.8 Å². The van der Waals surface area contributed by atoms with Gasteiger partial charge in [0.05, 0.1) is 12.7 Å². The fourth-order valence-electron chi connectivity index (χ4n) is 2.01. The Labute approximate surface area is 196 Å². The molecule has 0 aliphatic rings. The fraction of sp³-hybridized carbons (Fsp3) is 0.652. The zero-order valence-electron chi connectivity index (χ0n) is 20.4. The number of carbonyl (C=O) groups is 2. The summed E-state index contributed by atoms with van der Waals surface area (Å²) >= 11 is 0. The van der Waals surface area contributed by atoms with Crippen LogP contribution in [0.3, 0.4) is 0 Å². The van der Waals surface area contributed by atoms with Crippen molar-refractivity contribution in [3.05, 3.63) is 29.3 Å². The number of carboxylic acid groups (broad SMARTS) is 2. The van der Waals surface area contributed by atoms with Crippen LogP contribution in [0.25, 0.3) is 0 Å². The number of aromatic hydroxyl groups is 1. The third-order valence-corrected chi connectivity index (χ3v) is 3.52. The molecule has 0 saturated heterocycles. The molecule has 10 heteroatoms. The largest absolute Gasteiger partial charge is 0.508 e. The number of hydrogen-bond donors (Lipinski definition) is 8. The van der Waals surface area contributed by atoms with Gasteiger partial charge in [-0.1, -0.05) is 6.07 Å². The molecule has 1 atom stereocenters. The van der Waals surface area contributed by atoms with Gasteiger partial charge in [-0.15, -0.1) is 0 Å². The molecule has 1 aromatic rings. The van der Waals surface area contributed by atoms with Gasteiger partial charge < -0.3 is 41.1 Å². The van der Waals surface area contributed by atoms with Gasteiger partial charge in [0.25, 0.3) is 0 Å². The standard InChI is InChI=1S/C13H21NO3.C6H10O4.2C2H6O/c1-13(2,3)14-7-12(17)9-4-5-11(16)10(6-9)8-15;7-5(8)3-1-2-4-6(9)10;2*1-2-3/h4-6,12,14-17H,7-8H2,1-3H3;1-4H2,(H,7,8)(H,9,10);2*3H,2H2,1H3. The predicted octanol–water partition coefficient (Wildman–Crippen LogP) is 2.02. The summed E-state index contributed by atoms with van der Waals surface area (Å²) in [4.78, 5) is 19.8. The molecule has 0 saturated carbocycles. The van der Waals surface area contributed by atoms with E-state index in [1.165, 1.54) is 6.07 Å². The lowest BCUT2D eigenvalue weighted by molar-refractivity contribution is -0.139. The molecular formula is C23H43NO9. The molecule has 1 aromatic carbocycles. The van der Waals surface area contributed by atoms with E-state index in [0.717, 1.165) is 0 Å². The minimum Gasteiger partial charge on any atom is -0.508 e. The van der Waals surface area contributed by atoms with Crippen molar-refractivity contribution in [2.24, 2.45) is 0 Å². The average molecular weight is 478 g/mol. The number of rotatable bonds is 9. The van der Waals surface area contributed by atoms with Crippen LogP contribution in [0.1, 0.15) is 77.5 Å². The maximum absolute atomic E-state index is 9.97. The smallest absolute Gasteiger partial charge is 0.303 e. The number of aliphatic carboxylic acids is 2. The van der Waals surface area contributed by atoms with E-state index in [9.17, 15) is 19.8 Å². The normalized spacial score (nSPS) is 10.9. The van der Waals surface area contributed by atoms with Crippen molar-refractivity contribution in [3.63, 3.8) is 0 Å². The van der Waals surface area contributed by atoms with Crippen LogP contribution in [0.4, 0.5) is 0 Å². The van der Waals surface area contributed by atoms with Crippen molar-refractivity contribution in [1.82, 2.24) is 5.32 Å². The number of β-amino-alcohol motifs (C(OH)–C–C–N with tert-alkyl or cyclic N) is 1. The molecule has 1 rings (SSSR count). The lowest BCUT2D eigenvalue weighted by Gasteiger charge is -2.23. The van der Waals surface area contributed by atoms with Gasteiger partial charge in [-0.2, -0.15) is 0 Å². The highest BCUT2D eigenvalue weighted by Gasteiger charge is 2.14. The highest BCUT2D eigenvalue weighted by Crippen LogP contribution is 2.22. The van der Waals surface area contributed by atoms with E-state index in [1.54, 1.807) is 26.0 Å². The van der Waals surface area contributed by atoms with Crippen LogP contribution < -0.4 is 5.32 Å². The molecular weight excluding hydrogens is 434 g/mol. The average Bonchev–Trinajstić information content (AvgIpc) is 2.71. The van der Waals surface area contributed by atoms with Gasteiger partial charge in [-0.05, 0) is 65.2 Å². The van der Waals surface area contributed by atoms with Crippen LogP contribution in [0.5, 0.6) is 5.75 Å². The highest BCUT2D eigenvalue weighted by molar-refractivity contribution is 5.67. The summed E-state index contributed by atoms with van der Waals surface area (Å²) in [5.41, 5.74) is 1.05. The minimum absolute atomic E-state index is 0.0484. The monoisotopic (exact) mass is 477 g/mol. The van der Waals surface area contributed by atoms with Gasteiger partial charge in [0, 0.05) is 43.7 Å². The first-order valence-corrected chi connectivity index (χ1v) is 10.8. The molecule has 0 aromatic heterocycles. The van der Waals surface area contributed by atoms with Crippen molar-refractivity contribution >= 4 is 11.9 Å². The molecule has 0 amide bonds. The van der Waals surface area contributed by atoms with Gasteiger partial charge >= 0.3 is 11.9 Å². The van der Waals surface area contributed by atoms with E-state index in [0.29, 0.717) is 30.5 Å². The van der Waals surface area contributed by atoms with Gasteiger partial charge in [0.1, 0.15) is 5.75 Å². The van der Waals surface area contributed by atoms with Crippen LogP contribution in [0.2, 0.25) is 0 Å². The summed E-state index contributed by atoms with van der Waals surface area (Å²) in [6.07, 6.45) is 0.365. The Morgan fingerprint density at radius 1 is 0.939 bits per heavy atom. The van der Waals surface area contributed by atoms with Crippen molar-refractivity contribution in [3.8, 4) is 5.75 Å². The molecule has 0 heterocycles. The maximum atomic E-state index is 9.97. The Hall–Kier alpha value is -2.24. The fourth-order valence-corrected chi connectivity index (χ4v) is 2.01. The summed E-state index contributed by atoms with van der Waals surface area (Å²) in [6.45, 7) is 10.1. The third-order valence-electron chi connectivity index (χ3n) is 3.52. The number of aliphatic hydroxyl groups excluding tert-OH is 4. The molecule has 33 heavy (non-hydrogen) atoms. The number of carboxylic acids is 2. The second-order valence-corrected chi connectivity index (χ2v) is 7.82. The highest BCUT2D eigenvalue weighted by atomic mass is 16.4. The summed E-state index contributed by atoms with van der Waals surface area (Å²) in [7, 11) is 0. The number of aliphatic hydroxyl groups is 4. The number of hydrogen-bond acceptors (Lipinski definition) is 8. The first kappa shape index (κ1) is 35.4. The van der Waals surface area contributed by atoms with Crippen LogP contribution in [-0.4, -0.2) is 73.0 Å². The van der Waals surface area contributed by atoms with Gasteiger partial charge in [0.2, 0.25) is 0 Å². The lowest BCUT2D eigenvalue weighted by Crippen LogP contribution is -2.38. The number of unbranched alkanes of at least 4 members (excludes halogenated alkanes) is 1. The van der Waals surface area contributed by atoms with Gasteiger partial charge in [-0.3, -0.25) is 9.59 Å². The first-order chi connectivity index (χ1) is 15.3. The Morgan fingerprint density at radius 2 is 1.36 bits per heavy atom. The summed E-state index contributed by atoms with van der Waals surface area (Å²) < 4.78 is 0. The second kappa shape index (κ2) is 21.6. The Balaban J connectivity index is -0.000000476. The zero-order chi connectivity index (χ0) is 26.4. The van der Waals surface area contributed by atoms with E-state index in [4.69, 9.17) is 25.5 Å². The molecule has 0 radical (unpaired) electrons. The van der Waals surface area contributed by atoms with E-state index in [-0.39, 0.29) is 44.0 Å². The Morgan fingerprint density at radius 3 is 1.70 bits per heavy atom. The quantitative estimate of drug-likeness (QED) is 0.244. The second-order valence-electron chi connectivity index (χ2n) is 7.82. The minimum atomic E-state index is -0.870. The molecule has 0 spiro atoms. The molecule has 0 bridgehead atoms. The van der Waals surface area contributed by atoms with Gasteiger partial charge in [0.15, 0.2) is 0 Å². The SMILES string of the molecule is CC(C)(C)NCC(O)c1ccc(O)c(CO)c1.CCO.CCO.O=C(O)CCCCC(=O)O. The van der Waals surface area contributed by atoms with E-state index in [2.05, 4.69) is 5.32 Å². The van der Waals surface area contributed by atoms with Crippen LogP contribution in [0.15, 0.2) is 18.2 Å². The zero-order valence-corrected chi connectivity index (χ0v) is 20.4. The number of nitrogens with one attached hydrogen (secondary N) is 1. The van der Waals surface area contributed by atoms with Crippen molar-refractivity contribution in [1.29, 1.82) is 0 Å². The van der Waals surface area contributed by atoms with E-state index >= 15 is 0 Å². The summed E-state index contributed by atoms with van der Waals surface area (Å²) in [5.74, 6) is -1.69. The van der Waals surface area contributed by atoms with Crippen molar-refractivity contribution in [2.45, 2.75) is 78.6 Å². The van der Waals surface area contributed by atoms with Crippen LogP contribution in [-0.2, 0) is 16.2 Å². The number of benzene rings is 1. The van der Waals surface area contributed by atoms with Crippen LogP contribution in [0, 0.1) is 0 Å². The third kappa shape index (κ3) is 25.9. The molecule has 0 aliphatic carbocycles. The lowest BCUT2D eigenvalue weighted by atomic mass is 10.0. The first-order valence-electron chi connectivity index (χ1n) is 10.8. The van der Waals surface area contributed by atoms with Crippen molar-refractivity contribution in [2.75, 3.05) is 19.8 Å². The molecule has 8 N–H and O–H groups in total. The molecule has 10 nitrogen and oxygen atoms in total. The summed E-state index contributed by atoms with van der Waals surface area (Å²) in [5, 5.41) is 63.0. The topological polar surface area (TPSA) is 188 Å². The molecule has 0 aliphatic heterocycles. The van der Waals surface area contributed by atoms with Crippen LogP contribution >= 0.6 is 0 Å². The molecule has 1 unspecified atom stereocenters. The summed E-state index contributed by atoms with van der Waals surface area (Å²) in [6, 6.07) is 4.76. The Bertz CT molecular complexity index is 613. The maximum Gasteiger partial charge on any atom is 0.303 e. The predicted molar refractivity (Wildman–Crippen MR) is 126 cm³/mol.